The molecule has 2 atom stereocenters. The average Bonchev–Trinajstić information content (AvgIpc) is 3.55. The molecule has 1 amide bonds. The molecule has 2 fully saturated rings. The van der Waals surface area contributed by atoms with Crippen LogP contribution in [0.4, 0.5) is 0 Å². The van der Waals surface area contributed by atoms with Crippen LogP contribution in [0.25, 0.3) is 0 Å². The second-order valence-corrected chi connectivity index (χ2v) is 8.61. The zero-order chi connectivity index (χ0) is 19.7. The molecule has 1 aliphatic heterocycles. The van der Waals surface area contributed by atoms with Gasteiger partial charge in [0.1, 0.15) is 6.10 Å². The van der Waals surface area contributed by atoms with Gasteiger partial charge in [0.25, 0.3) is 0 Å². The smallest absolute Gasteiger partial charge is 0.227 e. The summed E-state index contributed by atoms with van der Waals surface area (Å²) >= 11 is 12.1. The highest BCUT2D eigenvalue weighted by molar-refractivity contribution is 6.42. The van der Waals surface area contributed by atoms with Crippen LogP contribution in [0.5, 0.6) is 0 Å². The van der Waals surface area contributed by atoms with Gasteiger partial charge in [0, 0.05) is 24.5 Å². The van der Waals surface area contributed by atoms with Crippen LogP contribution in [0.3, 0.4) is 0 Å². The van der Waals surface area contributed by atoms with E-state index in [9.17, 15) is 9.90 Å². The van der Waals surface area contributed by atoms with E-state index in [1.165, 1.54) is 5.56 Å². The number of carbonyl (C=O) groups is 1. The van der Waals surface area contributed by atoms with Gasteiger partial charge in [-0.05, 0) is 67.3 Å². The second-order valence-electron chi connectivity index (χ2n) is 7.80. The minimum Gasteiger partial charge on any atom is -0.386 e. The van der Waals surface area contributed by atoms with Crippen molar-refractivity contribution < 1.29 is 9.90 Å². The van der Waals surface area contributed by atoms with Crippen LogP contribution in [0.2, 0.25) is 10.0 Å². The van der Waals surface area contributed by atoms with Crippen LogP contribution in [0, 0.1) is 0 Å². The molecule has 2 heterocycles. The minimum atomic E-state index is -0.706. The third-order valence-electron chi connectivity index (χ3n) is 5.80. The molecule has 148 valence electrons. The SMILES string of the molecule is O=C(Cc1ccc(Cl)c(Cl)c1)N1CCCC[C@@H]1C(O)c1cnccc1C1CC1. The first-order chi connectivity index (χ1) is 13.5. The molecular formula is C22H24Cl2N2O2. The number of nitrogens with zero attached hydrogens (tertiary/aromatic N) is 2. The molecule has 1 aliphatic carbocycles. The average molecular weight is 419 g/mol. The monoisotopic (exact) mass is 418 g/mol. The van der Waals surface area contributed by atoms with E-state index >= 15 is 0 Å². The summed E-state index contributed by atoms with van der Waals surface area (Å²) in [4.78, 5) is 19.1. The van der Waals surface area contributed by atoms with Crippen molar-refractivity contribution >= 4 is 29.1 Å². The molecule has 0 bridgehead atoms. The first-order valence-corrected chi connectivity index (χ1v) is 10.7. The quantitative estimate of drug-likeness (QED) is 0.748. The van der Waals surface area contributed by atoms with E-state index in [1.54, 1.807) is 24.5 Å². The number of halogens is 2. The van der Waals surface area contributed by atoms with E-state index in [0.29, 0.717) is 22.5 Å². The van der Waals surface area contributed by atoms with E-state index in [-0.39, 0.29) is 18.4 Å². The Morgan fingerprint density at radius 2 is 2.00 bits per heavy atom. The fraction of sp³-hybridized carbons (Fsp3) is 0.455. The Balaban J connectivity index is 1.54. The lowest BCUT2D eigenvalue weighted by Crippen LogP contribution is -2.47. The number of amides is 1. The predicted octanol–water partition coefficient (Wildman–Crippen LogP) is 4.92. The first-order valence-electron chi connectivity index (χ1n) is 9.90. The summed E-state index contributed by atoms with van der Waals surface area (Å²) in [6, 6.07) is 7.08. The van der Waals surface area contributed by atoms with Crippen LogP contribution in [-0.4, -0.2) is 33.5 Å². The fourth-order valence-corrected chi connectivity index (χ4v) is 4.48. The lowest BCUT2D eigenvalue weighted by Gasteiger charge is -2.39. The Morgan fingerprint density at radius 3 is 2.75 bits per heavy atom. The number of aliphatic hydroxyl groups is 1. The lowest BCUT2D eigenvalue weighted by atomic mass is 9.90. The van der Waals surface area contributed by atoms with Crippen LogP contribution >= 0.6 is 23.2 Å². The van der Waals surface area contributed by atoms with E-state index in [4.69, 9.17) is 23.2 Å². The zero-order valence-electron chi connectivity index (χ0n) is 15.7. The number of pyridine rings is 1. The van der Waals surface area contributed by atoms with Gasteiger partial charge in [0.2, 0.25) is 5.91 Å². The van der Waals surface area contributed by atoms with Gasteiger partial charge >= 0.3 is 0 Å². The molecule has 2 aliphatic rings. The van der Waals surface area contributed by atoms with Crippen molar-refractivity contribution in [3.63, 3.8) is 0 Å². The van der Waals surface area contributed by atoms with Crippen molar-refractivity contribution in [2.75, 3.05) is 6.54 Å². The Labute approximate surface area is 175 Å². The number of aromatic nitrogens is 1. The number of rotatable bonds is 5. The zero-order valence-corrected chi connectivity index (χ0v) is 17.2. The van der Waals surface area contributed by atoms with E-state index in [1.807, 2.05) is 17.0 Å². The van der Waals surface area contributed by atoms with Crippen LogP contribution in [0.15, 0.2) is 36.7 Å². The highest BCUT2D eigenvalue weighted by Crippen LogP contribution is 2.44. The molecule has 4 rings (SSSR count). The highest BCUT2D eigenvalue weighted by atomic mass is 35.5. The van der Waals surface area contributed by atoms with Crippen molar-refractivity contribution in [1.29, 1.82) is 0 Å². The summed E-state index contributed by atoms with van der Waals surface area (Å²) in [5, 5.41) is 12.1. The number of hydrogen-bond acceptors (Lipinski definition) is 3. The number of likely N-dealkylation sites (tertiary alicyclic amines) is 1. The van der Waals surface area contributed by atoms with Crippen LogP contribution in [-0.2, 0) is 11.2 Å². The Bertz CT molecular complexity index is 869. The maximum atomic E-state index is 13.1. The van der Waals surface area contributed by atoms with E-state index in [0.717, 1.165) is 43.2 Å². The van der Waals surface area contributed by atoms with Crippen molar-refractivity contribution in [2.24, 2.45) is 0 Å². The van der Waals surface area contributed by atoms with Gasteiger partial charge in [-0.15, -0.1) is 0 Å². The van der Waals surface area contributed by atoms with E-state index < -0.39 is 6.10 Å². The third-order valence-corrected chi connectivity index (χ3v) is 6.54. The summed E-state index contributed by atoms with van der Waals surface area (Å²) in [7, 11) is 0. The van der Waals surface area contributed by atoms with Crippen molar-refractivity contribution in [2.45, 2.75) is 56.6 Å². The summed E-state index contributed by atoms with van der Waals surface area (Å²) in [5.74, 6) is 0.538. The van der Waals surface area contributed by atoms with Crippen molar-refractivity contribution in [1.82, 2.24) is 9.88 Å². The van der Waals surface area contributed by atoms with Gasteiger partial charge in [-0.25, -0.2) is 0 Å². The van der Waals surface area contributed by atoms with Crippen LogP contribution < -0.4 is 0 Å². The maximum absolute atomic E-state index is 13.1. The van der Waals surface area contributed by atoms with Gasteiger partial charge in [0.15, 0.2) is 0 Å². The number of aliphatic hydroxyl groups excluding tert-OH is 1. The van der Waals surface area contributed by atoms with Crippen LogP contribution in [0.1, 0.15) is 60.8 Å². The molecule has 4 nitrogen and oxygen atoms in total. The molecule has 1 saturated heterocycles. The van der Waals surface area contributed by atoms with E-state index in [2.05, 4.69) is 4.98 Å². The summed E-state index contributed by atoms with van der Waals surface area (Å²) in [6.45, 7) is 0.668. The topological polar surface area (TPSA) is 53.4 Å². The standard InChI is InChI=1S/C22H24Cl2N2O2/c23-18-7-4-14(11-19(18)24)12-21(27)26-10-2-1-3-20(26)22(28)17-13-25-9-8-16(17)15-5-6-15/h4,7-9,11,13,15,20,22,28H,1-3,5-6,10,12H2/t20-,22?/m1/s1. The maximum Gasteiger partial charge on any atom is 0.227 e. The van der Waals surface area contributed by atoms with Gasteiger partial charge in [-0.3, -0.25) is 9.78 Å². The number of hydrogen-bond donors (Lipinski definition) is 1. The van der Waals surface area contributed by atoms with Crippen molar-refractivity contribution in [3.8, 4) is 0 Å². The molecule has 0 radical (unpaired) electrons. The van der Waals surface area contributed by atoms with Crippen molar-refractivity contribution in [3.05, 3.63) is 63.4 Å². The molecular weight excluding hydrogens is 395 g/mol. The number of carbonyl (C=O) groups excluding carboxylic acids is 1. The largest absolute Gasteiger partial charge is 0.386 e. The lowest BCUT2D eigenvalue weighted by molar-refractivity contribution is -0.137. The number of piperidine rings is 1. The van der Waals surface area contributed by atoms with Gasteiger partial charge in [0.05, 0.1) is 22.5 Å². The first kappa shape index (κ1) is 19.7. The molecule has 1 unspecified atom stereocenters. The molecule has 28 heavy (non-hydrogen) atoms. The molecule has 1 saturated carbocycles. The Morgan fingerprint density at radius 1 is 1.18 bits per heavy atom. The molecule has 6 heteroatoms. The molecule has 0 spiro atoms. The minimum absolute atomic E-state index is 0.0130. The third kappa shape index (κ3) is 4.19. The second kappa shape index (κ2) is 8.40. The summed E-state index contributed by atoms with van der Waals surface area (Å²) in [5.41, 5.74) is 2.90. The Hall–Kier alpha value is -1.62. The predicted molar refractivity (Wildman–Crippen MR) is 111 cm³/mol. The summed E-state index contributed by atoms with van der Waals surface area (Å²) in [6.07, 6.45) is 8.20. The van der Waals surface area contributed by atoms with Gasteiger partial charge < -0.3 is 10.0 Å². The van der Waals surface area contributed by atoms with Gasteiger partial charge in [-0.2, -0.15) is 0 Å². The summed E-state index contributed by atoms with van der Waals surface area (Å²) < 4.78 is 0. The van der Waals surface area contributed by atoms with Gasteiger partial charge in [-0.1, -0.05) is 29.3 Å². The molecule has 1 aromatic heterocycles. The molecule has 2 aromatic rings. The Kier molecular flexibility index (Phi) is 5.91. The molecule has 1 N–H and O–H groups in total. The normalized spacial score (nSPS) is 20.8. The molecule has 1 aromatic carbocycles. The number of benzene rings is 1. The highest BCUT2D eigenvalue weighted by Gasteiger charge is 2.36. The fourth-order valence-electron chi connectivity index (χ4n) is 4.16.